The monoisotopic (exact) mass is 987 g/mol. The maximum Gasteiger partial charge on any atom is 0.252 e. The van der Waals surface area contributed by atoms with Crippen molar-refractivity contribution >= 4 is 56.4 Å². The Labute approximate surface area is 421 Å². The molecule has 2 saturated heterocycles. The number of aliphatic hydroxyl groups is 2. The summed E-state index contributed by atoms with van der Waals surface area (Å²) in [4.78, 5) is 35.9. The molecule has 2 amide bonds. The van der Waals surface area contributed by atoms with Crippen LogP contribution in [0, 0.1) is 13.8 Å². The molecule has 0 saturated carbocycles. The molecule has 17 nitrogen and oxygen atoms in total. The van der Waals surface area contributed by atoms with Crippen LogP contribution >= 0.6 is 0 Å². The molecule has 4 heterocycles. The Morgan fingerprint density at radius 2 is 1.26 bits per heavy atom. The number of rotatable bonds is 20. The lowest BCUT2D eigenvalue weighted by atomic mass is 9.98. The zero-order chi connectivity index (χ0) is 51.4. The van der Waals surface area contributed by atoms with Crippen LogP contribution in [-0.2, 0) is 18.0 Å². The van der Waals surface area contributed by atoms with Crippen LogP contribution in [0.2, 0.25) is 0 Å². The number of pyridine rings is 2. The molecule has 2 unspecified atom stereocenters. The fourth-order valence-electron chi connectivity index (χ4n) is 9.38. The van der Waals surface area contributed by atoms with Gasteiger partial charge in [-0.25, -0.2) is 0 Å². The summed E-state index contributed by atoms with van der Waals surface area (Å²) in [6.07, 6.45) is 9.62. The summed E-state index contributed by atoms with van der Waals surface area (Å²) in [5.74, 6) is 1.07. The van der Waals surface area contributed by atoms with E-state index in [4.69, 9.17) is 35.2 Å². The number of aliphatic hydroxyl groups excluding tert-OH is 2. The zero-order valence-corrected chi connectivity index (χ0v) is 42.4. The van der Waals surface area contributed by atoms with Gasteiger partial charge in [-0.3, -0.25) is 19.6 Å². The summed E-state index contributed by atoms with van der Waals surface area (Å²) in [7, 11) is 3.17. The van der Waals surface area contributed by atoms with Crippen molar-refractivity contribution < 1.29 is 43.5 Å². The van der Waals surface area contributed by atoms with Crippen molar-refractivity contribution in [3.8, 4) is 23.0 Å². The van der Waals surface area contributed by atoms with Crippen LogP contribution in [0.5, 0.6) is 23.0 Å². The smallest absolute Gasteiger partial charge is 0.252 e. The first kappa shape index (κ1) is 53.0. The zero-order valence-electron chi connectivity index (χ0n) is 42.4. The van der Waals surface area contributed by atoms with E-state index in [9.17, 15) is 19.8 Å². The quantitative estimate of drug-likeness (QED) is 0.0359. The number of aromatic nitrogens is 2. The Kier molecular flexibility index (Phi) is 18.1. The SMILES string of the molecule is COc1cc2c(Nc3cccc(CO)c3C)c(C(N)=O)cnc2cc1OCCCC1(C)CNCC(C)O1.COc1cc2c(Nc3cccc(CO)c3C)c(C(N)=O)cnc2cc1OCCCN1CCCCC1. The Hall–Kier alpha value is -6.76. The van der Waals surface area contributed by atoms with E-state index in [1.165, 1.54) is 44.7 Å². The van der Waals surface area contributed by atoms with E-state index in [0.717, 1.165) is 72.5 Å². The molecule has 2 atom stereocenters. The first-order valence-electron chi connectivity index (χ1n) is 24.7. The third kappa shape index (κ3) is 12.8. The third-order valence-corrected chi connectivity index (χ3v) is 13.4. The van der Waals surface area contributed by atoms with E-state index in [1.807, 2.05) is 68.4 Å². The number of amides is 2. The normalized spacial score (nSPS) is 16.9. The number of benzene rings is 4. The molecule has 0 spiro atoms. The summed E-state index contributed by atoms with van der Waals surface area (Å²) in [6, 6.07) is 18.4. The van der Waals surface area contributed by atoms with Gasteiger partial charge < -0.3 is 66.2 Å². The lowest BCUT2D eigenvalue weighted by Crippen LogP contribution is -2.51. The molecule has 2 aliphatic rings. The lowest BCUT2D eigenvalue weighted by Gasteiger charge is -2.38. The van der Waals surface area contributed by atoms with Crippen LogP contribution in [0.1, 0.15) is 95.3 Å². The summed E-state index contributed by atoms with van der Waals surface area (Å²) < 4.78 is 29.6. The standard InChI is InChI=1S/C28H36N4O5.C27H34N4O4/c1-17-13-30-16-28(3,37-17)9-6-10-36-25-12-23-20(11-24(25)35-4)26(21(14-31-23)27(29)34)32-22-8-5-7-19(15-33)18(22)2;1-18-19(17-32)8-6-9-22(18)30-26-20-14-24(34-2)25(15-23(20)29-16-21(26)27(28)33)35-13-7-12-31-10-4-3-5-11-31/h5,7-8,11-12,14,17,30,33H,6,9-10,13,15-16H2,1-4H3,(H2,29,34)(H,31,32);6,8-9,14-16,32H,3-5,7,10-13,17H2,1-2H3,(H2,28,33)(H,29,30). The van der Waals surface area contributed by atoms with Crippen LogP contribution in [-0.4, -0.2) is 109 Å². The number of carbonyl (C=O) groups excluding carboxylic acids is 2. The molecule has 0 bridgehead atoms. The number of hydrogen-bond donors (Lipinski definition) is 7. The van der Waals surface area contributed by atoms with Crippen molar-refractivity contribution in [1.82, 2.24) is 20.2 Å². The second-order valence-electron chi connectivity index (χ2n) is 18.7. The molecule has 17 heteroatoms. The van der Waals surface area contributed by atoms with Crippen LogP contribution in [0.15, 0.2) is 73.1 Å². The largest absolute Gasteiger partial charge is 0.493 e. The van der Waals surface area contributed by atoms with Gasteiger partial charge in [0, 0.05) is 66.3 Å². The summed E-state index contributed by atoms with van der Waals surface area (Å²) in [5, 5.41) is 30.8. The highest BCUT2D eigenvalue weighted by Gasteiger charge is 2.31. The summed E-state index contributed by atoms with van der Waals surface area (Å²) in [6.45, 7) is 14.0. The number of anilines is 4. The Bertz CT molecular complexity index is 2860. The van der Waals surface area contributed by atoms with Gasteiger partial charge in [-0.2, -0.15) is 0 Å². The first-order chi connectivity index (χ1) is 34.8. The van der Waals surface area contributed by atoms with Gasteiger partial charge in [0.1, 0.15) is 0 Å². The van der Waals surface area contributed by atoms with E-state index >= 15 is 0 Å². The second-order valence-corrected chi connectivity index (χ2v) is 18.7. The number of hydrogen-bond acceptors (Lipinski definition) is 15. The van der Waals surface area contributed by atoms with E-state index in [0.29, 0.717) is 69.4 Å². The van der Waals surface area contributed by atoms with Gasteiger partial charge in [-0.1, -0.05) is 30.7 Å². The highest BCUT2D eigenvalue weighted by molar-refractivity contribution is 6.09. The van der Waals surface area contributed by atoms with Gasteiger partial charge in [0.05, 0.1) is 85.9 Å². The average Bonchev–Trinajstić information content (AvgIpc) is 3.37. The van der Waals surface area contributed by atoms with Crippen LogP contribution in [0.4, 0.5) is 22.7 Å². The number of carbonyl (C=O) groups is 2. The predicted molar refractivity (Wildman–Crippen MR) is 281 cm³/mol. The van der Waals surface area contributed by atoms with Crippen molar-refractivity contribution in [2.45, 2.75) is 91.1 Å². The van der Waals surface area contributed by atoms with Gasteiger partial charge in [-0.15, -0.1) is 0 Å². The number of primary amides is 2. The van der Waals surface area contributed by atoms with Gasteiger partial charge >= 0.3 is 0 Å². The third-order valence-electron chi connectivity index (χ3n) is 13.4. The maximum absolute atomic E-state index is 12.3. The van der Waals surface area contributed by atoms with Gasteiger partial charge in [0.2, 0.25) is 0 Å². The van der Waals surface area contributed by atoms with Crippen molar-refractivity contribution in [3.63, 3.8) is 0 Å². The maximum atomic E-state index is 12.3. The van der Waals surface area contributed by atoms with Gasteiger partial charge in [0.25, 0.3) is 11.8 Å². The summed E-state index contributed by atoms with van der Waals surface area (Å²) >= 11 is 0. The number of methoxy groups -OCH3 is 2. The minimum atomic E-state index is -0.602. The number of likely N-dealkylation sites (tertiary alicyclic amines) is 1. The average molecular weight is 987 g/mol. The Balaban J connectivity index is 0.000000212. The molecule has 4 aromatic carbocycles. The number of nitrogens with zero attached hydrogens (tertiary/aromatic N) is 3. The molecule has 9 N–H and O–H groups in total. The molecule has 2 aromatic heterocycles. The van der Waals surface area contributed by atoms with Gasteiger partial charge in [-0.05, 0) is 119 Å². The topological polar surface area (TPSA) is 238 Å². The number of morpholine rings is 1. The summed E-state index contributed by atoms with van der Waals surface area (Å²) in [5.41, 5.74) is 18.9. The molecular weight excluding hydrogens is 917 g/mol. The molecule has 2 aliphatic heterocycles. The van der Waals surface area contributed by atoms with E-state index in [2.05, 4.69) is 44.7 Å². The van der Waals surface area contributed by atoms with E-state index in [-0.39, 0.29) is 36.0 Å². The Morgan fingerprint density at radius 1 is 0.764 bits per heavy atom. The van der Waals surface area contributed by atoms with Gasteiger partial charge in [0.15, 0.2) is 23.0 Å². The fourth-order valence-corrected chi connectivity index (χ4v) is 9.38. The minimum absolute atomic E-state index is 0.0760. The fraction of sp³-hybridized carbons (Fsp3) is 0.418. The number of nitrogens with two attached hydrogens (primary N) is 2. The number of piperidine rings is 1. The molecule has 72 heavy (non-hydrogen) atoms. The second kappa shape index (κ2) is 24.6. The van der Waals surface area contributed by atoms with E-state index in [1.54, 1.807) is 20.3 Å². The minimum Gasteiger partial charge on any atom is -0.493 e. The highest BCUT2D eigenvalue weighted by Crippen LogP contribution is 2.40. The molecule has 0 aliphatic carbocycles. The molecule has 2 fully saturated rings. The van der Waals surface area contributed by atoms with Crippen molar-refractivity contribution in [2.24, 2.45) is 11.5 Å². The molecular formula is C55H70N8O9. The molecule has 6 aromatic rings. The van der Waals surface area contributed by atoms with Crippen LogP contribution in [0.25, 0.3) is 21.8 Å². The predicted octanol–water partition coefficient (Wildman–Crippen LogP) is 7.95. The first-order valence-corrected chi connectivity index (χ1v) is 24.7. The van der Waals surface area contributed by atoms with E-state index < -0.39 is 11.8 Å². The highest BCUT2D eigenvalue weighted by atomic mass is 16.5. The van der Waals surface area contributed by atoms with Crippen molar-refractivity contribution in [3.05, 3.63) is 106 Å². The molecule has 8 rings (SSSR count). The number of fused-ring (bicyclic) bond motifs is 2. The molecule has 0 radical (unpaired) electrons. The van der Waals surface area contributed by atoms with Crippen molar-refractivity contribution in [1.29, 1.82) is 0 Å². The van der Waals surface area contributed by atoms with Crippen molar-refractivity contribution in [2.75, 3.05) is 70.8 Å². The van der Waals surface area contributed by atoms with Crippen LogP contribution < -0.4 is 46.4 Å². The number of nitrogens with one attached hydrogen (secondary N) is 3. The van der Waals surface area contributed by atoms with Crippen LogP contribution in [0.3, 0.4) is 0 Å². The number of ether oxygens (including phenoxy) is 5. The lowest BCUT2D eigenvalue weighted by molar-refractivity contribution is -0.103. The Morgan fingerprint density at radius 3 is 1.72 bits per heavy atom. The molecule has 384 valence electrons.